The third-order valence-corrected chi connectivity index (χ3v) is 5.10. The van der Waals surface area contributed by atoms with E-state index in [1.807, 2.05) is 0 Å². The highest BCUT2D eigenvalue weighted by Gasteiger charge is 2.23. The number of hydrogen-bond donors (Lipinski definition) is 2. The molecule has 0 spiro atoms. The Bertz CT molecular complexity index is 872. The highest BCUT2D eigenvalue weighted by molar-refractivity contribution is 7.89. The van der Waals surface area contributed by atoms with E-state index in [1.165, 1.54) is 56.5 Å². The first-order valence-electron chi connectivity index (χ1n) is 7.15. The minimum Gasteiger partial charge on any atom is -0.495 e. The predicted octanol–water partition coefficient (Wildman–Crippen LogP) is 2.79. The zero-order valence-electron chi connectivity index (χ0n) is 13.4. The van der Waals surface area contributed by atoms with Crippen LogP contribution in [0.4, 0.5) is 10.1 Å². The van der Waals surface area contributed by atoms with E-state index in [9.17, 15) is 17.6 Å². The van der Waals surface area contributed by atoms with Crippen LogP contribution in [0.3, 0.4) is 0 Å². The van der Waals surface area contributed by atoms with E-state index >= 15 is 0 Å². The van der Waals surface area contributed by atoms with Gasteiger partial charge in [-0.3, -0.25) is 4.79 Å². The van der Waals surface area contributed by atoms with Gasteiger partial charge in [0.1, 0.15) is 11.6 Å². The van der Waals surface area contributed by atoms with Gasteiger partial charge in [-0.15, -0.1) is 0 Å². The fraction of sp³-hybridized carbons (Fsp3) is 0.188. The number of rotatable bonds is 6. The first-order valence-corrected chi connectivity index (χ1v) is 9.01. The molecule has 0 aliphatic carbocycles. The normalized spacial score (nSPS) is 12.5. The molecule has 0 bridgehead atoms. The summed E-state index contributed by atoms with van der Waals surface area (Å²) in [6.45, 7) is 1.39. The van der Waals surface area contributed by atoms with E-state index in [1.54, 1.807) is 0 Å². The van der Waals surface area contributed by atoms with Crippen LogP contribution in [0.1, 0.15) is 6.92 Å². The zero-order chi connectivity index (χ0) is 18.6. The molecule has 1 unspecified atom stereocenters. The lowest BCUT2D eigenvalue weighted by Crippen LogP contribution is -2.41. The number of carbonyl (C=O) groups excluding carboxylic acids is 1. The van der Waals surface area contributed by atoms with Gasteiger partial charge in [-0.25, -0.2) is 12.8 Å². The molecule has 1 amide bonds. The van der Waals surface area contributed by atoms with Gasteiger partial charge in [-0.1, -0.05) is 11.6 Å². The fourth-order valence-corrected chi connectivity index (χ4v) is 3.50. The number of ether oxygens (including phenoxy) is 1. The molecule has 25 heavy (non-hydrogen) atoms. The minimum atomic E-state index is -3.96. The van der Waals surface area contributed by atoms with E-state index < -0.39 is 27.8 Å². The standard InChI is InChI=1S/C16H16ClFN2O4S/c1-10(16(21)19-12-5-3-11(18)4-6-12)20-25(22,23)13-7-8-15(24-2)14(17)9-13/h3-10,20H,1-2H3,(H,19,21). The van der Waals surface area contributed by atoms with Gasteiger partial charge in [0, 0.05) is 5.69 Å². The lowest BCUT2D eigenvalue weighted by atomic mass is 10.3. The molecular weight excluding hydrogens is 371 g/mol. The quantitative estimate of drug-likeness (QED) is 0.799. The second-order valence-corrected chi connectivity index (χ2v) is 7.26. The summed E-state index contributed by atoms with van der Waals surface area (Å²) in [5, 5.41) is 2.63. The highest BCUT2D eigenvalue weighted by Crippen LogP contribution is 2.26. The van der Waals surface area contributed by atoms with Crippen molar-refractivity contribution in [1.29, 1.82) is 0 Å². The number of nitrogens with one attached hydrogen (secondary N) is 2. The third kappa shape index (κ3) is 4.91. The highest BCUT2D eigenvalue weighted by atomic mass is 35.5. The summed E-state index contributed by atoms with van der Waals surface area (Å²) in [6.07, 6.45) is 0. The smallest absolute Gasteiger partial charge is 0.242 e. The number of methoxy groups -OCH3 is 1. The van der Waals surface area contributed by atoms with E-state index in [4.69, 9.17) is 16.3 Å². The number of hydrogen-bond acceptors (Lipinski definition) is 4. The molecule has 0 aliphatic rings. The SMILES string of the molecule is COc1ccc(S(=O)(=O)NC(C)C(=O)Nc2ccc(F)cc2)cc1Cl. The molecule has 9 heteroatoms. The Labute approximate surface area is 150 Å². The summed E-state index contributed by atoms with van der Waals surface area (Å²) in [6, 6.07) is 8.02. The van der Waals surface area contributed by atoms with Crippen LogP contribution in [0.5, 0.6) is 5.75 Å². The van der Waals surface area contributed by atoms with Crippen LogP contribution in [-0.4, -0.2) is 27.5 Å². The number of halogens is 2. The van der Waals surface area contributed by atoms with E-state index in [2.05, 4.69) is 10.0 Å². The van der Waals surface area contributed by atoms with Gasteiger partial charge in [0.25, 0.3) is 0 Å². The average molecular weight is 387 g/mol. The van der Waals surface area contributed by atoms with Gasteiger partial charge in [0.15, 0.2) is 0 Å². The van der Waals surface area contributed by atoms with Gasteiger partial charge in [0.2, 0.25) is 15.9 Å². The van der Waals surface area contributed by atoms with Gasteiger partial charge in [-0.2, -0.15) is 4.72 Å². The van der Waals surface area contributed by atoms with Crippen molar-refractivity contribution in [3.05, 3.63) is 53.3 Å². The van der Waals surface area contributed by atoms with Gasteiger partial charge >= 0.3 is 0 Å². The molecule has 0 saturated carbocycles. The first-order chi connectivity index (χ1) is 11.7. The summed E-state index contributed by atoms with van der Waals surface area (Å²) in [5.74, 6) is -0.694. The third-order valence-electron chi connectivity index (χ3n) is 3.27. The summed E-state index contributed by atoms with van der Waals surface area (Å²) in [4.78, 5) is 12.0. The average Bonchev–Trinajstić information content (AvgIpc) is 2.56. The molecule has 0 saturated heterocycles. The molecule has 0 aliphatic heterocycles. The number of amides is 1. The number of carbonyl (C=O) groups is 1. The Hall–Kier alpha value is -2.16. The molecule has 134 valence electrons. The van der Waals surface area contributed by atoms with E-state index in [0.29, 0.717) is 11.4 Å². The van der Waals surface area contributed by atoms with E-state index in [0.717, 1.165) is 0 Å². The first kappa shape index (κ1) is 19.2. The summed E-state index contributed by atoms with van der Waals surface area (Å²) in [7, 11) is -2.55. The Morgan fingerprint density at radius 1 is 1.20 bits per heavy atom. The van der Waals surface area contributed by atoms with Crippen molar-refractivity contribution in [1.82, 2.24) is 4.72 Å². The van der Waals surface area contributed by atoms with E-state index in [-0.39, 0.29) is 9.92 Å². The molecule has 2 aromatic rings. The maximum absolute atomic E-state index is 12.9. The summed E-state index contributed by atoms with van der Waals surface area (Å²) < 4.78 is 44.8. The molecule has 2 aromatic carbocycles. The largest absolute Gasteiger partial charge is 0.495 e. The zero-order valence-corrected chi connectivity index (χ0v) is 15.0. The Balaban J connectivity index is 2.09. The van der Waals surface area contributed by atoms with Crippen molar-refractivity contribution in [2.24, 2.45) is 0 Å². The second-order valence-electron chi connectivity index (χ2n) is 5.14. The van der Waals surface area contributed by atoms with Crippen molar-refractivity contribution in [3.8, 4) is 5.75 Å². The molecule has 0 radical (unpaired) electrons. The number of benzene rings is 2. The van der Waals surface area contributed by atoms with Crippen molar-refractivity contribution < 1.29 is 22.3 Å². The minimum absolute atomic E-state index is 0.0975. The van der Waals surface area contributed by atoms with Gasteiger partial charge < -0.3 is 10.1 Å². The van der Waals surface area contributed by atoms with Crippen LogP contribution in [0.2, 0.25) is 5.02 Å². The lowest BCUT2D eigenvalue weighted by molar-refractivity contribution is -0.117. The molecule has 0 aromatic heterocycles. The lowest BCUT2D eigenvalue weighted by Gasteiger charge is -2.15. The molecule has 6 nitrogen and oxygen atoms in total. The molecule has 0 fully saturated rings. The molecule has 2 N–H and O–H groups in total. The molecular formula is C16H16ClFN2O4S. The summed E-state index contributed by atoms with van der Waals surface area (Å²) >= 11 is 5.93. The van der Waals surface area contributed by atoms with Crippen molar-refractivity contribution >= 4 is 33.2 Å². The van der Waals surface area contributed by atoms with Gasteiger partial charge in [-0.05, 0) is 49.4 Å². The van der Waals surface area contributed by atoms with Crippen LogP contribution in [-0.2, 0) is 14.8 Å². The van der Waals surface area contributed by atoms with Crippen LogP contribution < -0.4 is 14.8 Å². The Morgan fingerprint density at radius 2 is 1.84 bits per heavy atom. The molecule has 1 atom stereocenters. The van der Waals surface area contributed by atoms with Crippen molar-refractivity contribution in [3.63, 3.8) is 0 Å². The van der Waals surface area contributed by atoms with Crippen molar-refractivity contribution in [2.75, 3.05) is 12.4 Å². The van der Waals surface area contributed by atoms with Crippen LogP contribution in [0.25, 0.3) is 0 Å². The van der Waals surface area contributed by atoms with Crippen LogP contribution >= 0.6 is 11.6 Å². The van der Waals surface area contributed by atoms with Crippen LogP contribution in [0, 0.1) is 5.82 Å². The number of anilines is 1. The monoisotopic (exact) mass is 386 g/mol. The topological polar surface area (TPSA) is 84.5 Å². The molecule has 2 rings (SSSR count). The maximum Gasteiger partial charge on any atom is 0.242 e. The maximum atomic E-state index is 12.9. The van der Waals surface area contributed by atoms with Gasteiger partial charge in [0.05, 0.1) is 23.1 Å². The van der Waals surface area contributed by atoms with Crippen LogP contribution in [0.15, 0.2) is 47.4 Å². The second kappa shape index (κ2) is 7.81. The predicted molar refractivity (Wildman–Crippen MR) is 92.8 cm³/mol. The Kier molecular flexibility index (Phi) is 5.99. The van der Waals surface area contributed by atoms with Crippen molar-refractivity contribution in [2.45, 2.75) is 17.9 Å². The summed E-state index contributed by atoms with van der Waals surface area (Å²) in [5.41, 5.74) is 0.352. The molecule has 0 heterocycles. The fourth-order valence-electron chi connectivity index (χ4n) is 1.95. The number of sulfonamides is 1. The Morgan fingerprint density at radius 3 is 2.40 bits per heavy atom.